The highest BCUT2D eigenvalue weighted by Gasteiger charge is 2.11. The number of benzene rings is 1. The van der Waals surface area contributed by atoms with Crippen LogP contribution >= 0.6 is 0 Å². The van der Waals surface area contributed by atoms with Crippen LogP contribution in [0.1, 0.15) is 30.9 Å². The summed E-state index contributed by atoms with van der Waals surface area (Å²) in [6, 6.07) is 7.35. The van der Waals surface area contributed by atoms with Crippen molar-refractivity contribution >= 4 is 0 Å². The van der Waals surface area contributed by atoms with Crippen molar-refractivity contribution in [3.63, 3.8) is 0 Å². The fraction of sp³-hybridized carbons (Fsp3) is 0.417. The summed E-state index contributed by atoms with van der Waals surface area (Å²) in [5.74, 6) is 0.734. The van der Waals surface area contributed by atoms with E-state index in [0.29, 0.717) is 12.2 Å². The Bertz CT molecular complexity index is 368. The molecule has 0 aliphatic rings. The Labute approximate surface area is 89.9 Å². The first-order chi connectivity index (χ1) is 7.22. The van der Waals surface area contributed by atoms with Gasteiger partial charge in [0, 0.05) is 18.1 Å². The Morgan fingerprint density at radius 1 is 1.53 bits per heavy atom. The second kappa shape index (κ2) is 5.38. The molecule has 3 heteroatoms. The van der Waals surface area contributed by atoms with Crippen molar-refractivity contribution in [2.45, 2.75) is 19.8 Å². The molecule has 0 aromatic heterocycles. The molecule has 1 rings (SSSR count). The fourth-order valence-corrected chi connectivity index (χ4v) is 1.39. The van der Waals surface area contributed by atoms with Crippen LogP contribution in [-0.4, -0.2) is 18.3 Å². The predicted molar refractivity (Wildman–Crippen MR) is 57.8 cm³/mol. The van der Waals surface area contributed by atoms with Crippen LogP contribution in [0.2, 0.25) is 0 Å². The first-order valence-electron chi connectivity index (χ1n) is 5.00. The monoisotopic (exact) mass is 205 g/mol. The molecule has 3 nitrogen and oxygen atoms in total. The predicted octanol–water partition coefficient (Wildman–Crippen LogP) is 2.05. The molecule has 1 atom stereocenters. The summed E-state index contributed by atoms with van der Waals surface area (Å²) < 4.78 is 5.44. The lowest BCUT2D eigenvalue weighted by Gasteiger charge is -2.14. The number of ether oxygens (including phenoxy) is 1. The number of hydrogen-bond acceptors (Lipinski definition) is 3. The van der Waals surface area contributed by atoms with Gasteiger partial charge in [0.05, 0.1) is 18.2 Å². The zero-order valence-corrected chi connectivity index (χ0v) is 9.03. The molecule has 0 fully saturated rings. The minimum Gasteiger partial charge on any atom is -0.494 e. The second-order valence-corrected chi connectivity index (χ2v) is 3.38. The molecule has 0 radical (unpaired) electrons. The number of aliphatic hydroxyl groups is 1. The van der Waals surface area contributed by atoms with Crippen LogP contribution in [0.15, 0.2) is 18.2 Å². The Balaban J connectivity index is 3.11. The van der Waals surface area contributed by atoms with Crippen molar-refractivity contribution < 1.29 is 9.84 Å². The first kappa shape index (κ1) is 11.5. The van der Waals surface area contributed by atoms with Gasteiger partial charge in [-0.2, -0.15) is 5.26 Å². The lowest BCUT2D eigenvalue weighted by Crippen LogP contribution is -2.04. The lowest BCUT2D eigenvalue weighted by molar-refractivity contribution is 0.266. The summed E-state index contributed by atoms with van der Waals surface area (Å²) >= 11 is 0. The molecule has 15 heavy (non-hydrogen) atoms. The quantitative estimate of drug-likeness (QED) is 0.818. The van der Waals surface area contributed by atoms with E-state index in [1.165, 1.54) is 0 Å². The molecule has 0 amide bonds. The summed E-state index contributed by atoms with van der Waals surface area (Å²) in [6.07, 6.45) is 0. The molecule has 0 heterocycles. The maximum absolute atomic E-state index is 9.11. The van der Waals surface area contributed by atoms with E-state index in [2.05, 4.69) is 6.07 Å². The first-order valence-corrected chi connectivity index (χ1v) is 5.00. The number of hydrogen-bond donors (Lipinski definition) is 1. The summed E-state index contributed by atoms with van der Waals surface area (Å²) in [6.45, 7) is 4.44. The highest BCUT2D eigenvalue weighted by atomic mass is 16.5. The molecule has 0 saturated carbocycles. The van der Waals surface area contributed by atoms with Crippen molar-refractivity contribution in [3.05, 3.63) is 29.3 Å². The molecule has 1 unspecified atom stereocenters. The highest BCUT2D eigenvalue weighted by molar-refractivity contribution is 5.43. The molecule has 0 spiro atoms. The normalized spacial score (nSPS) is 11.9. The summed E-state index contributed by atoms with van der Waals surface area (Å²) in [4.78, 5) is 0. The minimum atomic E-state index is -0.0140. The van der Waals surface area contributed by atoms with Crippen LogP contribution in [0.4, 0.5) is 0 Å². The van der Waals surface area contributed by atoms with E-state index < -0.39 is 0 Å². The highest BCUT2D eigenvalue weighted by Crippen LogP contribution is 2.27. The number of nitriles is 1. The third kappa shape index (κ3) is 2.71. The number of nitrogens with zero attached hydrogens (tertiary/aromatic N) is 1. The molecule has 0 saturated heterocycles. The van der Waals surface area contributed by atoms with Crippen LogP contribution in [0.5, 0.6) is 5.75 Å². The van der Waals surface area contributed by atoms with Gasteiger partial charge in [0.1, 0.15) is 5.75 Å². The van der Waals surface area contributed by atoms with Crippen molar-refractivity contribution in [2.75, 3.05) is 13.2 Å². The van der Waals surface area contributed by atoms with Gasteiger partial charge in [-0.25, -0.2) is 0 Å². The molecule has 1 N–H and O–H groups in total. The fourth-order valence-electron chi connectivity index (χ4n) is 1.39. The third-order valence-corrected chi connectivity index (χ3v) is 2.24. The molecule has 0 bridgehead atoms. The van der Waals surface area contributed by atoms with Gasteiger partial charge >= 0.3 is 0 Å². The van der Waals surface area contributed by atoms with Gasteiger partial charge in [0.2, 0.25) is 0 Å². The molecule has 0 aliphatic carbocycles. The van der Waals surface area contributed by atoms with Crippen LogP contribution in [0, 0.1) is 11.3 Å². The molecular weight excluding hydrogens is 190 g/mol. The molecule has 0 aliphatic heterocycles. The number of aliphatic hydroxyl groups excluding tert-OH is 1. The van der Waals surface area contributed by atoms with E-state index in [1.807, 2.05) is 13.8 Å². The Hall–Kier alpha value is -1.53. The Morgan fingerprint density at radius 2 is 2.27 bits per heavy atom. The van der Waals surface area contributed by atoms with Gasteiger partial charge in [-0.05, 0) is 25.1 Å². The zero-order valence-electron chi connectivity index (χ0n) is 9.03. The van der Waals surface area contributed by atoms with Gasteiger partial charge in [-0.1, -0.05) is 6.92 Å². The van der Waals surface area contributed by atoms with Crippen LogP contribution in [-0.2, 0) is 0 Å². The smallest absolute Gasteiger partial charge is 0.122 e. The van der Waals surface area contributed by atoms with Crippen molar-refractivity contribution in [3.8, 4) is 11.8 Å². The largest absolute Gasteiger partial charge is 0.494 e. The minimum absolute atomic E-state index is 0.0140. The van der Waals surface area contributed by atoms with E-state index in [1.54, 1.807) is 18.2 Å². The van der Waals surface area contributed by atoms with E-state index in [4.69, 9.17) is 15.1 Å². The van der Waals surface area contributed by atoms with Gasteiger partial charge in [-0.3, -0.25) is 0 Å². The van der Waals surface area contributed by atoms with Crippen LogP contribution < -0.4 is 4.74 Å². The summed E-state index contributed by atoms with van der Waals surface area (Å²) in [5.41, 5.74) is 1.48. The van der Waals surface area contributed by atoms with Gasteiger partial charge in [0.15, 0.2) is 0 Å². The Kier molecular flexibility index (Phi) is 4.14. The van der Waals surface area contributed by atoms with E-state index >= 15 is 0 Å². The molecule has 1 aromatic rings. The maximum Gasteiger partial charge on any atom is 0.122 e. The topological polar surface area (TPSA) is 53.2 Å². The SMILES string of the molecule is CCOc1ccc(C#N)cc1C(C)CO. The van der Waals surface area contributed by atoms with Gasteiger partial charge < -0.3 is 9.84 Å². The third-order valence-electron chi connectivity index (χ3n) is 2.24. The van der Waals surface area contributed by atoms with Crippen LogP contribution in [0.3, 0.4) is 0 Å². The molecule has 80 valence electrons. The molecular formula is C12H15NO2. The second-order valence-electron chi connectivity index (χ2n) is 3.38. The molecule has 1 aromatic carbocycles. The van der Waals surface area contributed by atoms with Crippen LogP contribution in [0.25, 0.3) is 0 Å². The van der Waals surface area contributed by atoms with E-state index in [9.17, 15) is 0 Å². The average molecular weight is 205 g/mol. The lowest BCUT2D eigenvalue weighted by atomic mass is 9.99. The van der Waals surface area contributed by atoms with Crippen molar-refractivity contribution in [2.24, 2.45) is 0 Å². The number of rotatable bonds is 4. The van der Waals surface area contributed by atoms with Crippen molar-refractivity contribution in [1.82, 2.24) is 0 Å². The van der Waals surface area contributed by atoms with E-state index in [-0.39, 0.29) is 12.5 Å². The summed E-state index contributed by atoms with van der Waals surface area (Å²) in [5, 5.41) is 17.9. The Morgan fingerprint density at radius 3 is 2.80 bits per heavy atom. The maximum atomic E-state index is 9.11. The average Bonchev–Trinajstić information content (AvgIpc) is 2.29. The standard InChI is InChI=1S/C12H15NO2/c1-3-15-12-5-4-10(7-13)6-11(12)9(2)8-14/h4-6,9,14H,3,8H2,1-2H3. The van der Waals surface area contributed by atoms with E-state index in [0.717, 1.165) is 11.3 Å². The zero-order chi connectivity index (χ0) is 11.3. The summed E-state index contributed by atoms with van der Waals surface area (Å²) in [7, 11) is 0. The van der Waals surface area contributed by atoms with Gasteiger partial charge in [0.25, 0.3) is 0 Å². The van der Waals surface area contributed by atoms with Crippen molar-refractivity contribution in [1.29, 1.82) is 5.26 Å². The van der Waals surface area contributed by atoms with Gasteiger partial charge in [-0.15, -0.1) is 0 Å².